The lowest BCUT2D eigenvalue weighted by atomic mass is 9.84. The van der Waals surface area contributed by atoms with Crippen molar-refractivity contribution in [3.63, 3.8) is 0 Å². The van der Waals surface area contributed by atoms with Gasteiger partial charge in [-0.2, -0.15) is 0 Å². The van der Waals surface area contributed by atoms with E-state index in [0.717, 1.165) is 0 Å². The number of carbonyl (C=O) groups excluding carboxylic acids is 2. The maximum atomic E-state index is 12.4. The van der Waals surface area contributed by atoms with Crippen LogP contribution in [0, 0.1) is 5.41 Å². The molecular weight excluding hydrogens is 309 g/mol. The molecule has 22 heavy (non-hydrogen) atoms. The molecule has 0 aromatic carbocycles. The van der Waals surface area contributed by atoms with Crippen molar-refractivity contribution >= 4 is 19.5 Å². The molecule has 0 fully saturated rings. The Kier molecular flexibility index (Phi) is 7.26. The minimum atomic E-state index is -3.49. The Morgan fingerprint density at radius 3 is 1.82 bits per heavy atom. The van der Waals surface area contributed by atoms with Crippen LogP contribution in [0.3, 0.4) is 0 Å². The number of hydrogen-bond donors (Lipinski definition) is 1. The van der Waals surface area contributed by atoms with Crippen LogP contribution in [0.15, 0.2) is 0 Å². The lowest BCUT2D eigenvalue weighted by Gasteiger charge is -2.31. The largest absolute Gasteiger partial charge is 0.444 e. The fourth-order valence-corrected chi connectivity index (χ4v) is 2.66. The van der Waals surface area contributed by atoms with E-state index in [-0.39, 0.29) is 0 Å². The Labute approximate surface area is 132 Å². The molecule has 0 heterocycles. The number of rotatable bonds is 6. The molecular formula is C14H28NO6P. The van der Waals surface area contributed by atoms with Gasteiger partial charge in [0.1, 0.15) is 11.8 Å². The van der Waals surface area contributed by atoms with E-state index in [2.05, 4.69) is 5.32 Å². The van der Waals surface area contributed by atoms with E-state index in [1.807, 2.05) is 0 Å². The van der Waals surface area contributed by atoms with Gasteiger partial charge in [0, 0.05) is 14.2 Å². The van der Waals surface area contributed by atoms with Gasteiger partial charge in [0.25, 0.3) is 0 Å². The second kappa shape index (κ2) is 7.57. The maximum Gasteiger partial charge on any atom is 0.408 e. The average molecular weight is 337 g/mol. The van der Waals surface area contributed by atoms with Crippen LogP contribution in [0.25, 0.3) is 0 Å². The van der Waals surface area contributed by atoms with Gasteiger partial charge in [-0.15, -0.1) is 0 Å². The summed E-state index contributed by atoms with van der Waals surface area (Å²) in [7, 11) is -1.06. The molecule has 0 aliphatic carbocycles. The Hall–Kier alpha value is -0.910. The van der Waals surface area contributed by atoms with Gasteiger partial charge in [-0.1, -0.05) is 20.8 Å². The number of carbonyl (C=O) groups is 2. The standard InChI is InChI=1S/C14H28NO6P/c1-13(2,3)11(15-12(17)21-14(4,5)6)10(16)9-22(18,19-7)20-8/h11H,9H2,1-8H3,(H,15,17)/t11-/m1/s1. The predicted octanol–water partition coefficient (Wildman–Crippen LogP) is 2.98. The number of amides is 1. The highest BCUT2D eigenvalue weighted by Crippen LogP contribution is 2.46. The van der Waals surface area contributed by atoms with E-state index in [1.165, 1.54) is 14.2 Å². The number of ketones is 1. The number of ether oxygens (including phenoxy) is 1. The van der Waals surface area contributed by atoms with E-state index in [0.29, 0.717) is 0 Å². The fourth-order valence-electron chi connectivity index (χ4n) is 1.69. The highest BCUT2D eigenvalue weighted by Gasteiger charge is 2.38. The third-order valence-corrected chi connectivity index (χ3v) is 4.57. The zero-order valence-electron chi connectivity index (χ0n) is 14.7. The highest BCUT2D eigenvalue weighted by molar-refractivity contribution is 7.54. The highest BCUT2D eigenvalue weighted by atomic mass is 31.2. The quantitative estimate of drug-likeness (QED) is 0.749. The summed E-state index contributed by atoms with van der Waals surface area (Å²) in [6.45, 7) is 10.5. The summed E-state index contributed by atoms with van der Waals surface area (Å²) in [5.41, 5.74) is -1.26. The van der Waals surface area contributed by atoms with Crippen molar-refractivity contribution < 1.29 is 27.9 Å². The Bertz CT molecular complexity index is 441. The molecule has 0 aliphatic heterocycles. The van der Waals surface area contributed by atoms with E-state index in [4.69, 9.17) is 13.8 Å². The van der Waals surface area contributed by atoms with Crippen LogP contribution in [0.4, 0.5) is 4.79 Å². The normalized spacial score (nSPS) is 14.4. The second-order valence-electron chi connectivity index (χ2n) is 7.05. The Morgan fingerprint density at radius 2 is 1.50 bits per heavy atom. The summed E-state index contributed by atoms with van der Waals surface area (Å²) in [5.74, 6) is -0.439. The summed E-state index contributed by atoms with van der Waals surface area (Å²) in [5, 5.41) is 2.54. The molecule has 0 spiro atoms. The molecule has 0 bridgehead atoms. The zero-order valence-corrected chi connectivity index (χ0v) is 15.6. The summed E-state index contributed by atoms with van der Waals surface area (Å²) in [6.07, 6.45) is -1.12. The van der Waals surface area contributed by atoms with Crippen molar-refractivity contribution in [3.05, 3.63) is 0 Å². The molecule has 130 valence electrons. The molecule has 1 N–H and O–H groups in total. The van der Waals surface area contributed by atoms with E-state index in [9.17, 15) is 14.2 Å². The maximum absolute atomic E-state index is 12.4. The SMILES string of the molecule is COP(=O)(CC(=O)[C@@H](NC(=O)OC(C)(C)C)C(C)(C)C)OC. The first-order valence-corrected chi connectivity index (χ1v) is 8.69. The minimum Gasteiger partial charge on any atom is -0.444 e. The van der Waals surface area contributed by atoms with Crippen molar-refractivity contribution in [3.8, 4) is 0 Å². The molecule has 1 atom stereocenters. The van der Waals surface area contributed by atoms with Crippen LogP contribution in [0.5, 0.6) is 0 Å². The fraction of sp³-hybridized carbons (Fsp3) is 0.857. The summed E-state index contributed by atoms with van der Waals surface area (Å²) >= 11 is 0. The molecule has 1 amide bonds. The van der Waals surface area contributed by atoms with Crippen LogP contribution in [-0.4, -0.2) is 43.9 Å². The predicted molar refractivity (Wildman–Crippen MR) is 84.1 cm³/mol. The molecule has 0 aromatic heterocycles. The van der Waals surface area contributed by atoms with Gasteiger partial charge in [-0.3, -0.25) is 9.36 Å². The zero-order chi connectivity index (χ0) is 17.8. The Morgan fingerprint density at radius 1 is 1.05 bits per heavy atom. The van der Waals surface area contributed by atoms with Crippen molar-refractivity contribution in [1.29, 1.82) is 0 Å². The topological polar surface area (TPSA) is 90.9 Å². The Balaban J connectivity index is 5.13. The van der Waals surface area contributed by atoms with Gasteiger partial charge >= 0.3 is 13.7 Å². The molecule has 0 unspecified atom stereocenters. The molecule has 0 aromatic rings. The lowest BCUT2D eigenvalue weighted by molar-refractivity contribution is -0.121. The summed E-state index contributed by atoms with van der Waals surface area (Å²) < 4.78 is 26.8. The molecule has 0 aliphatic rings. The number of Topliss-reactive ketones (excluding diaryl/α,β-unsaturated/α-hetero) is 1. The molecule has 7 nitrogen and oxygen atoms in total. The number of alkyl carbamates (subject to hydrolysis) is 1. The molecule has 8 heteroatoms. The first-order valence-electron chi connectivity index (χ1n) is 6.97. The monoisotopic (exact) mass is 337 g/mol. The van der Waals surface area contributed by atoms with Crippen LogP contribution < -0.4 is 5.32 Å². The number of hydrogen-bond acceptors (Lipinski definition) is 6. The first kappa shape index (κ1) is 21.1. The summed E-state index contributed by atoms with van der Waals surface area (Å²) in [4.78, 5) is 24.3. The summed E-state index contributed by atoms with van der Waals surface area (Å²) in [6, 6.07) is -0.874. The van der Waals surface area contributed by atoms with Gasteiger partial charge in [0.05, 0.1) is 6.04 Å². The van der Waals surface area contributed by atoms with Gasteiger partial charge < -0.3 is 19.1 Å². The minimum absolute atomic E-state index is 0.419. The van der Waals surface area contributed by atoms with Gasteiger partial charge in [0.2, 0.25) is 0 Å². The third-order valence-electron chi connectivity index (χ3n) is 2.75. The second-order valence-corrected chi connectivity index (χ2v) is 9.31. The van der Waals surface area contributed by atoms with E-state index < -0.39 is 42.7 Å². The van der Waals surface area contributed by atoms with Gasteiger partial charge in [-0.25, -0.2) is 4.79 Å². The van der Waals surface area contributed by atoms with Crippen molar-refractivity contribution in [2.45, 2.75) is 53.2 Å². The average Bonchev–Trinajstić information content (AvgIpc) is 2.32. The van der Waals surface area contributed by atoms with Crippen LogP contribution in [0.2, 0.25) is 0 Å². The first-order chi connectivity index (χ1) is 9.74. The molecule has 0 rings (SSSR count). The smallest absolute Gasteiger partial charge is 0.408 e. The molecule has 0 radical (unpaired) electrons. The van der Waals surface area contributed by atoms with Gasteiger partial charge in [-0.05, 0) is 26.2 Å². The molecule has 0 saturated carbocycles. The van der Waals surface area contributed by atoms with E-state index in [1.54, 1.807) is 41.5 Å². The lowest BCUT2D eigenvalue weighted by Crippen LogP contribution is -2.51. The van der Waals surface area contributed by atoms with Crippen LogP contribution in [-0.2, 0) is 23.1 Å². The third kappa shape index (κ3) is 7.38. The van der Waals surface area contributed by atoms with Gasteiger partial charge in [0.15, 0.2) is 5.78 Å². The van der Waals surface area contributed by atoms with Crippen LogP contribution >= 0.6 is 7.60 Å². The van der Waals surface area contributed by atoms with E-state index >= 15 is 0 Å². The van der Waals surface area contributed by atoms with Crippen molar-refractivity contribution in [2.75, 3.05) is 20.4 Å². The molecule has 0 saturated heterocycles. The number of nitrogens with one attached hydrogen (secondary N) is 1. The van der Waals surface area contributed by atoms with Crippen LogP contribution in [0.1, 0.15) is 41.5 Å². The van der Waals surface area contributed by atoms with Crippen molar-refractivity contribution in [1.82, 2.24) is 5.32 Å². The van der Waals surface area contributed by atoms with Crippen molar-refractivity contribution in [2.24, 2.45) is 5.41 Å².